The van der Waals surface area contributed by atoms with Crippen LogP contribution in [0.4, 0.5) is 10.1 Å². The molecule has 0 aliphatic heterocycles. The quantitative estimate of drug-likeness (QED) is 0.553. The van der Waals surface area contributed by atoms with Crippen LogP contribution >= 0.6 is 15.9 Å². The number of halogens is 2. The Morgan fingerprint density at radius 1 is 1.55 bits per heavy atom. The van der Waals surface area contributed by atoms with E-state index in [4.69, 9.17) is 0 Å². The lowest BCUT2D eigenvalue weighted by Gasteiger charge is -1.96. The van der Waals surface area contributed by atoms with Crippen LogP contribution in [0.15, 0.2) is 23.4 Å². The van der Waals surface area contributed by atoms with E-state index in [-0.39, 0.29) is 5.69 Å². The molecule has 0 amide bonds. The Kier molecular flexibility index (Phi) is 2.70. The minimum Gasteiger partial charge on any atom is -0.207 e. The van der Waals surface area contributed by atoms with Crippen LogP contribution in [0.5, 0.6) is 0 Å². The van der Waals surface area contributed by atoms with Gasteiger partial charge < -0.3 is 0 Å². The van der Waals surface area contributed by atoms with Crippen molar-refractivity contribution in [3.8, 4) is 0 Å². The van der Waals surface area contributed by atoms with E-state index in [0.717, 1.165) is 6.07 Å². The monoisotopic (exact) mass is 217 g/mol. The number of rotatable bonds is 2. The molecule has 4 heteroatoms. The van der Waals surface area contributed by atoms with Gasteiger partial charge in [-0.15, -0.1) is 4.91 Å². The van der Waals surface area contributed by atoms with Gasteiger partial charge in [0.05, 0.1) is 0 Å². The van der Waals surface area contributed by atoms with Crippen molar-refractivity contribution in [1.29, 1.82) is 0 Å². The number of alkyl halides is 1. The number of nitroso groups, excluding NO2 is 1. The SMILES string of the molecule is O=Nc1ccc(CBr)c(F)c1. The second kappa shape index (κ2) is 3.57. The van der Waals surface area contributed by atoms with Crippen molar-refractivity contribution in [2.24, 2.45) is 5.18 Å². The Morgan fingerprint density at radius 3 is 2.73 bits per heavy atom. The molecule has 0 saturated carbocycles. The molecule has 0 bridgehead atoms. The molecule has 0 N–H and O–H groups in total. The highest BCUT2D eigenvalue weighted by molar-refractivity contribution is 9.08. The molecular formula is C7H5BrFNO. The van der Waals surface area contributed by atoms with Crippen molar-refractivity contribution < 1.29 is 4.39 Å². The number of hydrogen-bond donors (Lipinski definition) is 0. The van der Waals surface area contributed by atoms with Gasteiger partial charge in [-0.25, -0.2) is 4.39 Å². The molecule has 0 radical (unpaired) electrons. The fourth-order valence-corrected chi connectivity index (χ4v) is 1.16. The third-order valence-corrected chi connectivity index (χ3v) is 1.89. The zero-order chi connectivity index (χ0) is 8.27. The van der Waals surface area contributed by atoms with E-state index in [1.54, 1.807) is 0 Å². The predicted octanol–water partition coefficient (Wildman–Crippen LogP) is 3.12. The Bertz CT molecular complexity index is 277. The van der Waals surface area contributed by atoms with Gasteiger partial charge in [0.2, 0.25) is 0 Å². The summed E-state index contributed by atoms with van der Waals surface area (Å²) in [5.74, 6) is -0.404. The Hall–Kier alpha value is -0.770. The van der Waals surface area contributed by atoms with Crippen LogP contribution in [-0.4, -0.2) is 0 Å². The van der Waals surface area contributed by atoms with E-state index in [0.29, 0.717) is 10.9 Å². The van der Waals surface area contributed by atoms with Crippen LogP contribution in [0.1, 0.15) is 5.56 Å². The van der Waals surface area contributed by atoms with E-state index in [1.807, 2.05) is 0 Å². The molecule has 0 saturated heterocycles. The highest BCUT2D eigenvalue weighted by atomic mass is 79.9. The minimum absolute atomic E-state index is 0.118. The predicted molar refractivity (Wildman–Crippen MR) is 44.5 cm³/mol. The summed E-state index contributed by atoms with van der Waals surface area (Å²) in [5.41, 5.74) is 0.643. The number of benzene rings is 1. The Morgan fingerprint density at radius 2 is 2.27 bits per heavy atom. The standard InChI is InChI=1S/C7H5BrFNO/c8-4-5-1-2-6(10-11)3-7(5)9/h1-3H,4H2. The lowest BCUT2D eigenvalue weighted by atomic mass is 10.2. The maximum absolute atomic E-state index is 12.8. The topological polar surface area (TPSA) is 29.4 Å². The molecule has 1 aromatic carbocycles. The van der Waals surface area contributed by atoms with E-state index in [1.165, 1.54) is 12.1 Å². The van der Waals surface area contributed by atoms with Gasteiger partial charge in [-0.3, -0.25) is 0 Å². The van der Waals surface area contributed by atoms with Crippen LogP contribution in [0.3, 0.4) is 0 Å². The molecule has 1 rings (SSSR count). The largest absolute Gasteiger partial charge is 0.207 e. The summed E-state index contributed by atoms with van der Waals surface area (Å²) in [6.45, 7) is 0. The number of hydrogen-bond acceptors (Lipinski definition) is 2. The van der Waals surface area contributed by atoms with Gasteiger partial charge in [-0.1, -0.05) is 22.0 Å². The summed E-state index contributed by atoms with van der Waals surface area (Å²) in [6, 6.07) is 4.12. The first-order valence-corrected chi connectivity index (χ1v) is 4.08. The van der Waals surface area contributed by atoms with Crippen LogP contribution in [0.2, 0.25) is 0 Å². The van der Waals surface area contributed by atoms with E-state index >= 15 is 0 Å². The molecule has 0 spiro atoms. The summed E-state index contributed by atoms with van der Waals surface area (Å²) < 4.78 is 12.8. The first-order valence-electron chi connectivity index (χ1n) is 2.95. The summed E-state index contributed by atoms with van der Waals surface area (Å²) in [5, 5.41) is 3.04. The van der Waals surface area contributed by atoms with Crippen LogP contribution in [0.25, 0.3) is 0 Å². The summed E-state index contributed by atoms with van der Waals surface area (Å²) in [6.07, 6.45) is 0. The first-order chi connectivity index (χ1) is 5.27. The van der Waals surface area contributed by atoms with Gasteiger partial charge >= 0.3 is 0 Å². The lowest BCUT2D eigenvalue weighted by molar-refractivity contribution is 0.618. The molecule has 0 unspecified atom stereocenters. The van der Waals surface area contributed by atoms with Crippen molar-refractivity contribution in [2.75, 3.05) is 0 Å². The van der Waals surface area contributed by atoms with E-state index in [2.05, 4.69) is 21.1 Å². The van der Waals surface area contributed by atoms with Crippen molar-refractivity contribution in [3.63, 3.8) is 0 Å². The van der Waals surface area contributed by atoms with E-state index < -0.39 is 5.82 Å². The smallest absolute Gasteiger partial charge is 0.129 e. The maximum atomic E-state index is 12.8. The molecule has 0 heterocycles. The van der Waals surface area contributed by atoms with Crippen LogP contribution in [-0.2, 0) is 5.33 Å². The summed E-state index contributed by atoms with van der Waals surface area (Å²) in [7, 11) is 0. The molecule has 0 aromatic heterocycles. The third kappa shape index (κ3) is 1.83. The second-order valence-electron chi connectivity index (χ2n) is 2.00. The highest BCUT2D eigenvalue weighted by Gasteiger charge is 2.01. The minimum atomic E-state index is -0.404. The fraction of sp³-hybridized carbons (Fsp3) is 0.143. The van der Waals surface area contributed by atoms with E-state index in [9.17, 15) is 9.30 Å². The van der Waals surface area contributed by atoms with Gasteiger partial charge in [-0.05, 0) is 16.8 Å². The van der Waals surface area contributed by atoms with Crippen molar-refractivity contribution >= 4 is 21.6 Å². The highest BCUT2D eigenvalue weighted by Crippen LogP contribution is 2.18. The molecule has 11 heavy (non-hydrogen) atoms. The maximum Gasteiger partial charge on any atom is 0.129 e. The molecule has 0 atom stereocenters. The lowest BCUT2D eigenvalue weighted by Crippen LogP contribution is -1.83. The third-order valence-electron chi connectivity index (χ3n) is 1.29. The zero-order valence-corrected chi connectivity index (χ0v) is 7.14. The second-order valence-corrected chi connectivity index (χ2v) is 2.56. The molecule has 58 valence electrons. The number of nitrogens with zero attached hydrogens (tertiary/aromatic N) is 1. The molecule has 1 aromatic rings. The zero-order valence-electron chi connectivity index (χ0n) is 5.55. The van der Waals surface area contributed by atoms with Crippen molar-refractivity contribution in [1.82, 2.24) is 0 Å². The average molecular weight is 218 g/mol. The van der Waals surface area contributed by atoms with Gasteiger partial charge in [0, 0.05) is 11.4 Å². The van der Waals surface area contributed by atoms with Gasteiger partial charge in [-0.2, -0.15) is 0 Å². The fourth-order valence-electron chi connectivity index (χ4n) is 0.701. The normalized spacial score (nSPS) is 9.64. The molecule has 2 nitrogen and oxygen atoms in total. The summed E-state index contributed by atoms with van der Waals surface area (Å²) in [4.78, 5) is 9.93. The summed E-state index contributed by atoms with van der Waals surface area (Å²) >= 11 is 3.11. The van der Waals surface area contributed by atoms with Crippen molar-refractivity contribution in [3.05, 3.63) is 34.5 Å². The Labute approximate surface area is 71.5 Å². The molecule has 0 aliphatic rings. The first kappa shape index (κ1) is 8.33. The van der Waals surface area contributed by atoms with Gasteiger partial charge in [0.15, 0.2) is 0 Å². The van der Waals surface area contributed by atoms with Crippen LogP contribution < -0.4 is 0 Å². The molecule has 0 aliphatic carbocycles. The Balaban J connectivity index is 3.09. The van der Waals surface area contributed by atoms with Crippen LogP contribution in [0, 0.1) is 10.7 Å². The van der Waals surface area contributed by atoms with Gasteiger partial charge in [0.1, 0.15) is 11.5 Å². The van der Waals surface area contributed by atoms with Crippen molar-refractivity contribution in [2.45, 2.75) is 5.33 Å². The average Bonchev–Trinajstić information content (AvgIpc) is 2.04. The molecular weight excluding hydrogens is 213 g/mol. The van der Waals surface area contributed by atoms with Gasteiger partial charge in [0.25, 0.3) is 0 Å². The molecule has 0 fully saturated rings.